The third-order valence-corrected chi connectivity index (χ3v) is 5.81. The van der Waals surface area contributed by atoms with Crippen LogP contribution in [0.1, 0.15) is 32.8 Å². The van der Waals surface area contributed by atoms with Crippen LogP contribution in [0.15, 0.2) is 24.3 Å². The molecule has 4 bridgehead atoms. The molecule has 3 nitrogen and oxygen atoms in total. The molecule has 4 fully saturated rings. The fourth-order valence-corrected chi connectivity index (χ4v) is 5.32. The molecule has 0 amide bonds. The van der Waals surface area contributed by atoms with Crippen molar-refractivity contribution in [1.82, 2.24) is 9.80 Å². The molecule has 4 saturated heterocycles. The lowest BCUT2D eigenvalue weighted by atomic mass is 9.61. The Morgan fingerprint density at radius 1 is 0.950 bits per heavy atom. The largest absolute Gasteiger partial charge is 0.399 e. The lowest BCUT2D eigenvalue weighted by Crippen LogP contribution is -2.77. The smallest absolute Gasteiger partial charge is 0.0972 e. The molecule has 20 heavy (non-hydrogen) atoms. The predicted octanol–water partition coefficient (Wildman–Crippen LogP) is 2.49. The van der Waals surface area contributed by atoms with Crippen LogP contribution in [-0.2, 0) is 5.66 Å². The normalized spacial score (nSPS) is 49.5. The standard InChI is InChI=1S/C17H25N3/c1-15-8-16(2)11-19(9-15)17(3,20(10-15)12-16)13-5-4-6-14(18)7-13/h4-7H,8-12,18H2,1-3H3. The molecule has 2 N–H and O–H groups in total. The van der Waals surface area contributed by atoms with Gasteiger partial charge in [0.2, 0.25) is 0 Å². The SMILES string of the molecule is CC12CN3CC(C)(CN(C1)C3(C)c1cccc(N)c1)C2. The first kappa shape index (κ1) is 12.7. The van der Waals surface area contributed by atoms with E-state index in [1.54, 1.807) is 0 Å². The molecule has 0 saturated carbocycles. The topological polar surface area (TPSA) is 32.5 Å². The average molecular weight is 271 g/mol. The summed E-state index contributed by atoms with van der Waals surface area (Å²) < 4.78 is 0. The summed E-state index contributed by atoms with van der Waals surface area (Å²) >= 11 is 0. The molecule has 1 aromatic rings. The lowest BCUT2D eigenvalue weighted by molar-refractivity contribution is -0.241. The Morgan fingerprint density at radius 2 is 1.50 bits per heavy atom. The molecule has 0 unspecified atom stereocenters. The first-order valence-electron chi connectivity index (χ1n) is 7.69. The maximum atomic E-state index is 6.03. The molecule has 1 aromatic carbocycles. The molecule has 0 spiro atoms. The molecule has 4 heterocycles. The molecule has 5 rings (SSSR count). The second kappa shape index (κ2) is 3.58. The van der Waals surface area contributed by atoms with E-state index in [-0.39, 0.29) is 5.66 Å². The Morgan fingerprint density at radius 3 is 2.00 bits per heavy atom. The van der Waals surface area contributed by atoms with Crippen LogP contribution in [0.3, 0.4) is 0 Å². The van der Waals surface area contributed by atoms with E-state index in [0.29, 0.717) is 10.8 Å². The number of piperidine rings is 2. The van der Waals surface area contributed by atoms with Crippen molar-refractivity contribution >= 4 is 5.69 Å². The summed E-state index contributed by atoms with van der Waals surface area (Å²) in [6.07, 6.45) is 1.38. The number of rotatable bonds is 1. The van der Waals surface area contributed by atoms with Crippen LogP contribution < -0.4 is 5.73 Å². The minimum atomic E-state index is 0.0226. The number of hydrogen-bond acceptors (Lipinski definition) is 3. The van der Waals surface area contributed by atoms with Crippen molar-refractivity contribution in [2.45, 2.75) is 32.9 Å². The fraction of sp³-hybridized carbons (Fsp3) is 0.647. The summed E-state index contributed by atoms with van der Waals surface area (Å²) in [4.78, 5) is 5.39. The molecular formula is C17H25N3. The van der Waals surface area contributed by atoms with Crippen molar-refractivity contribution in [2.75, 3.05) is 31.9 Å². The van der Waals surface area contributed by atoms with Crippen molar-refractivity contribution in [3.63, 3.8) is 0 Å². The summed E-state index contributed by atoms with van der Waals surface area (Å²) in [6.45, 7) is 12.2. The Hall–Kier alpha value is -1.06. The van der Waals surface area contributed by atoms with Crippen molar-refractivity contribution in [2.24, 2.45) is 10.8 Å². The minimum absolute atomic E-state index is 0.0226. The van der Waals surface area contributed by atoms with Gasteiger partial charge in [-0.05, 0) is 41.9 Å². The van der Waals surface area contributed by atoms with Gasteiger partial charge in [0.1, 0.15) is 0 Å². The van der Waals surface area contributed by atoms with E-state index in [2.05, 4.69) is 48.8 Å². The van der Waals surface area contributed by atoms with Crippen LogP contribution in [0.5, 0.6) is 0 Å². The first-order chi connectivity index (χ1) is 9.33. The molecule has 0 atom stereocenters. The highest BCUT2D eigenvalue weighted by molar-refractivity contribution is 5.43. The quantitative estimate of drug-likeness (QED) is 0.797. The molecular weight excluding hydrogens is 246 g/mol. The van der Waals surface area contributed by atoms with Gasteiger partial charge in [-0.25, -0.2) is 0 Å². The number of nitrogen functional groups attached to an aromatic ring is 1. The van der Waals surface area contributed by atoms with E-state index in [9.17, 15) is 0 Å². The molecule has 4 aliphatic rings. The number of nitrogens with zero attached hydrogens (tertiary/aromatic N) is 2. The summed E-state index contributed by atoms with van der Waals surface area (Å²) in [5, 5.41) is 0. The molecule has 0 aliphatic carbocycles. The van der Waals surface area contributed by atoms with Gasteiger partial charge >= 0.3 is 0 Å². The van der Waals surface area contributed by atoms with E-state index >= 15 is 0 Å². The highest BCUT2D eigenvalue weighted by atomic mass is 15.5. The maximum absolute atomic E-state index is 6.03. The van der Waals surface area contributed by atoms with Crippen molar-refractivity contribution < 1.29 is 0 Å². The Kier molecular flexibility index (Phi) is 2.26. The number of benzene rings is 1. The van der Waals surface area contributed by atoms with Crippen LogP contribution in [0, 0.1) is 10.8 Å². The number of hydrogen-bond donors (Lipinski definition) is 1. The van der Waals surface area contributed by atoms with Crippen LogP contribution in [0.4, 0.5) is 5.69 Å². The van der Waals surface area contributed by atoms with Gasteiger partial charge in [0.05, 0.1) is 5.66 Å². The van der Waals surface area contributed by atoms with E-state index in [1.165, 1.54) is 38.2 Å². The van der Waals surface area contributed by atoms with Gasteiger partial charge in [-0.2, -0.15) is 0 Å². The molecule has 3 heteroatoms. The van der Waals surface area contributed by atoms with Crippen LogP contribution in [0.2, 0.25) is 0 Å². The van der Waals surface area contributed by atoms with Gasteiger partial charge in [0, 0.05) is 31.9 Å². The van der Waals surface area contributed by atoms with Crippen molar-refractivity contribution in [3.05, 3.63) is 29.8 Å². The Bertz CT molecular complexity index is 529. The Balaban J connectivity index is 1.81. The molecule has 0 radical (unpaired) electrons. The monoisotopic (exact) mass is 271 g/mol. The second-order valence-corrected chi connectivity index (χ2v) is 8.16. The van der Waals surface area contributed by atoms with Crippen molar-refractivity contribution in [1.29, 1.82) is 0 Å². The molecule has 4 aliphatic heterocycles. The minimum Gasteiger partial charge on any atom is -0.399 e. The molecule has 0 aromatic heterocycles. The highest BCUT2D eigenvalue weighted by Gasteiger charge is 2.60. The molecule has 108 valence electrons. The number of nitrogens with two attached hydrogens (primary N) is 1. The number of anilines is 1. The predicted molar refractivity (Wildman–Crippen MR) is 82.2 cm³/mol. The van der Waals surface area contributed by atoms with Gasteiger partial charge in [-0.3, -0.25) is 9.80 Å². The van der Waals surface area contributed by atoms with Gasteiger partial charge in [0.25, 0.3) is 0 Å². The van der Waals surface area contributed by atoms with Crippen molar-refractivity contribution in [3.8, 4) is 0 Å². The van der Waals surface area contributed by atoms with Crippen LogP contribution in [-0.4, -0.2) is 36.0 Å². The lowest BCUT2D eigenvalue weighted by Gasteiger charge is -2.70. The summed E-state index contributed by atoms with van der Waals surface area (Å²) in [7, 11) is 0. The zero-order chi connectivity index (χ0) is 14.2. The zero-order valence-corrected chi connectivity index (χ0v) is 12.8. The van der Waals surface area contributed by atoms with Gasteiger partial charge in [-0.15, -0.1) is 0 Å². The summed E-state index contributed by atoms with van der Waals surface area (Å²) in [5.41, 5.74) is 9.20. The van der Waals surface area contributed by atoms with E-state index in [4.69, 9.17) is 5.73 Å². The fourth-order valence-electron chi connectivity index (χ4n) is 5.32. The van der Waals surface area contributed by atoms with E-state index in [0.717, 1.165) is 5.69 Å². The van der Waals surface area contributed by atoms with Gasteiger partial charge < -0.3 is 5.73 Å². The summed E-state index contributed by atoms with van der Waals surface area (Å²) in [6, 6.07) is 8.47. The first-order valence-corrected chi connectivity index (χ1v) is 7.69. The zero-order valence-electron chi connectivity index (χ0n) is 12.8. The van der Waals surface area contributed by atoms with E-state index in [1.807, 2.05) is 6.07 Å². The van der Waals surface area contributed by atoms with E-state index < -0.39 is 0 Å². The average Bonchev–Trinajstić information content (AvgIpc) is 2.32. The van der Waals surface area contributed by atoms with Crippen LogP contribution in [0.25, 0.3) is 0 Å². The Labute approximate surface area is 121 Å². The highest BCUT2D eigenvalue weighted by Crippen LogP contribution is 2.56. The maximum Gasteiger partial charge on any atom is 0.0972 e. The second-order valence-electron chi connectivity index (χ2n) is 8.16. The van der Waals surface area contributed by atoms with Gasteiger partial charge in [-0.1, -0.05) is 26.0 Å². The third-order valence-electron chi connectivity index (χ3n) is 5.81. The van der Waals surface area contributed by atoms with Gasteiger partial charge in [0.15, 0.2) is 0 Å². The third kappa shape index (κ3) is 1.54. The summed E-state index contributed by atoms with van der Waals surface area (Å²) in [5.74, 6) is 0. The van der Waals surface area contributed by atoms with Crippen LogP contribution >= 0.6 is 0 Å².